The van der Waals surface area contributed by atoms with E-state index in [1.807, 2.05) is 11.5 Å². The van der Waals surface area contributed by atoms with Gasteiger partial charge in [0.25, 0.3) is 0 Å². The number of nitrogens with two attached hydrogens (primary N) is 1. The van der Waals surface area contributed by atoms with Gasteiger partial charge in [0.15, 0.2) is 5.82 Å². The number of phenols is 1. The van der Waals surface area contributed by atoms with E-state index < -0.39 is 5.60 Å². The molecule has 116 valence electrons. The van der Waals surface area contributed by atoms with Crippen molar-refractivity contribution in [3.63, 3.8) is 0 Å². The molecule has 0 amide bonds. The van der Waals surface area contributed by atoms with Gasteiger partial charge in [0.1, 0.15) is 17.1 Å². The topological polar surface area (TPSA) is 97.2 Å². The van der Waals surface area contributed by atoms with Gasteiger partial charge in [-0.2, -0.15) is 0 Å². The predicted molar refractivity (Wildman–Crippen MR) is 86.8 cm³/mol. The van der Waals surface area contributed by atoms with Crippen LogP contribution in [0.25, 0.3) is 21.9 Å². The maximum absolute atomic E-state index is 10.2. The van der Waals surface area contributed by atoms with Crippen LogP contribution in [-0.2, 0) is 13.0 Å². The van der Waals surface area contributed by atoms with Crippen molar-refractivity contribution >= 4 is 27.8 Å². The average Bonchev–Trinajstić information content (AvgIpc) is 2.76. The van der Waals surface area contributed by atoms with Crippen LogP contribution in [0.15, 0.2) is 18.2 Å². The van der Waals surface area contributed by atoms with E-state index in [1.54, 1.807) is 32.0 Å². The third kappa shape index (κ3) is 2.35. The van der Waals surface area contributed by atoms with Crippen LogP contribution in [0.4, 0.5) is 5.82 Å². The fourth-order valence-corrected chi connectivity index (χ4v) is 2.77. The molecule has 3 aromatic rings. The van der Waals surface area contributed by atoms with E-state index in [0.717, 1.165) is 23.1 Å². The number of aromatic nitrogens is 3. The standard InChI is InChI=1S/C16H20N4O2/c1-4-12-19-13-14(20(12)8-16(2,3)22)10-6-5-9(21)7-11(10)18-15(13)17/h5-7,21-22H,4,8H2,1-3H3,(H2,17,18). The summed E-state index contributed by atoms with van der Waals surface area (Å²) in [6, 6.07) is 5.01. The second kappa shape index (κ2) is 4.84. The summed E-state index contributed by atoms with van der Waals surface area (Å²) in [5.41, 5.74) is 7.27. The minimum Gasteiger partial charge on any atom is -0.508 e. The molecule has 0 saturated carbocycles. The fourth-order valence-electron chi connectivity index (χ4n) is 2.77. The molecule has 4 N–H and O–H groups in total. The van der Waals surface area contributed by atoms with E-state index in [1.165, 1.54) is 0 Å². The van der Waals surface area contributed by atoms with E-state index >= 15 is 0 Å². The molecular weight excluding hydrogens is 280 g/mol. The number of anilines is 1. The van der Waals surface area contributed by atoms with Gasteiger partial charge in [-0.25, -0.2) is 9.97 Å². The first kappa shape index (κ1) is 14.6. The molecule has 3 rings (SSSR count). The number of hydrogen-bond donors (Lipinski definition) is 3. The molecular formula is C16H20N4O2. The highest BCUT2D eigenvalue weighted by molar-refractivity contribution is 6.06. The highest BCUT2D eigenvalue weighted by atomic mass is 16.3. The summed E-state index contributed by atoms with van der Waals surface area (Å²) < 4.78 is 1.99. The van der Waals surface area contributed by atoms with Crippen LogP contribution < -0.4 is 5.73 Å². The van der Waals surface area contributed by atoms with E-state index in [-0.39, 0.29) is 5.75 Å². The Bertz CT molecular complexity index is 862. The summed E-state index contributed by atoms with van der Waals surface area (Å²) in [5, 5.41) is 20.7. The van der Waals surface area contributed by atoms with Gasteiger partial charge in [-0.05, 0) is 26.0 Å². The fraction of sp³-hybridized carbons (Fsp3) is 0.375. The number of nitrogens with zero attached hydrogens (tertiary/aromatic N) is 3. The Morgan fingerprint density at radius 1 is 1.27 bits per heavy atom. The Morgan fingerprint density at radius 3 is 2.64 bits per heavy atom. The lowest BCUT2D eigenvalue weighted by molar-refractivity contribution is 0.0619. The SMILES string of the molecule is CCc1nc2c(N)nc3cc(O)ccc3c2n1CC(C)(C)O. The van der Waals surface area contributed by atoms with Crippen LogP contribution in [-0.4, -0.2) is 30.3 Å². The first-order valence-corrected chi connectivity index (χ1v) is 7.30. The zero-order valence-electron chi connectivity index (χ0n) is 13.0. The number of fused-ring (bicyclic) bond motifs is 3. The quantitative estimate of drug-likeness (QED) is 0.689. The van der Waals surface area contributed by atoms with Crippen LogP contribution in [0.3, 0.4) is 0 Å². The van der Waals surface area contributed by atoms with Crippen molar-refractivity contribution in [2.24, 2.45) is 0 Å². The van der Waals surface area contributed by atoms with Crippen molar-refractivity contribution < 1.29 is 10.2 Å². The molecule has 2 aromatic heterocycles. The summed E-state index contributed by atoms with van der Waals surface area (Å²) in [7, 11) is 0. The Balaban J connectivity index is 2.43. The summed E-state index contributed by atoms with van der Waals surface area (Å²) in [4.78, 5) is 8.92. The van der Waals surface area contributed by atoms with Crippen LogP contribution in [0.1, 0.15) is 26.6 Å². The minimum atomic E-state index is -0.876. The molecule has 6 heteroatoms. The lowest BCUT2D eigenvalue weighted by Crippen LogP contribution is -2.27. The molecule has 0 atom stereocenters. The average molecular weight is 300 g/mol. The van der Waals surface area contributed by atoms with Crippen molar-refractivity contribution in [1.29, 1.82) is 0 Å². The molecule has 0 spiro atoms. The van der Waals surface area contributed by atoms with Gasteiger partial charge in [-0.1, -0.05) is 6.92 Å². The highest BCUT2D eigenvalue weighted by Gasteiger charge is 2.21. The Hall–Kier alpha value is -2.34. The van der Waals surface area contributed by atoms with Crippen LogP contribution in [0.5, 0.6) is 5.75 Å². The number of rotatable bonds is 3. The zero-order valence-corrected chi connectivity index (χ0v) is 13.0. The van der Waals surface area contributed by atoms with E-state index in [2.05, 4.69) is 9.97 Å². The molecule has 0 bridgehead atoms. The molecule has 0 aliphatic rings. The van der Waals surface area contributed by atoms with E-state index in [4.69, 9.17) is 5.73 Å². The Kier molecular flexibility index (Phi) is 3.21. The number of aryl methyl sites for hydroxylation is 1. The second-order valence-electron chi connectivity index (χ2n) is 6.18. The van der Waals surface area contributed by atoms with Gasteiger partial charge < -0.3 is 20.5 Å². The first-order chi connectivity index (χ1) is 10.3. The summed E-state index contributed by atoms with van der Waals surface area (Å²) in [6.07, 6.45) is 0.726. The third-order valence-electron chi connectivity index (χ3n) is 3.63. The number of aromatic hydroxyl groups is 1. The van der Waals surface area contributed by atoms with Crippen LogP contribution >= 0.6 is 0 Å². The maximum atomic E-state index is 10.2. The Morgan fingerprint density at radius 2 is 2.00 bits per heavy atom. The van der Waals surface area contributed by atoms with E-state index in [9.17, 15) is 10.2 Å². The van der Waals surface area contributed by atoms with Gasteiger partial charge in [0, 0.05) is 17.9 Å². The molecule has 2 heterocycles. The molecule has 1 aromatic carbocycles. The van der Waals surface area contributed by atoms with Crippen LogP contribution in [0.2, 0.25) is 0 Å². The Labute approximate surface area is 128 Å². The number of nitrogen functional groups attached to an aromatic ring is 1. The van der Waals surface area contributed by atoms with Crippen molar-refractivity contribution in [3.8, 4) is 5.75 Å². The van der Waals surface area contributed by atoms with Gasteiger partial charge in [0.05, 0.1) is 23.2 Å². The van der Waals surface area contributed by atoms with Gasteiger partial charge >= 0.3 is 0 Å². The number of hydrogen-bond acceptors (Lipinski definition) is 5. The molecule has 0 unspecified atom stereocenters. The van der Waals surface area contributed by atoms with Crippen molar-refractivity contribution in [3.05, 3.63) is 24.0 Å². The molecule has 0 fully saturated rings. The first-order valence-electron chi connectivity index (χ1n) is 7.30. The monoisotopic (exact) mass is 300 g/mol. The number of imidazole rings is 1. The molecule has 0 radical (unpaired) electrons. The summed E-state index contributed by atoms with van der Waals surface area (Å²) in [5.74, 6) is 1.33. The van der Waals surface area contributed by atoms with Crippen molar-refractivity contribution in [1.82, 2.24) is 14.5 Å². The summed E-state index contributed by atoms with van der Waals surface area (Å²) in [6.45, 7) is 5.94. The molecule has 22 heavy (non-hydrogen) atoms. The minimum absolute atomic E-state index is 0.142. The van der Waals surface area contributed by atoms with Crippen LogP contribution in [0, 0.1) is 0 Å². The normalized spacial score (nSPS) is 12.4. The second-order valence-corrected chi connectivity index (χ2v) is 6.18. The summed E-state index contributed by atoms with van der Waals surface area (Å²) >= 11 is 0. The maximum Gasteiger partial charge on any atom is 0.152 e. The van der Waals surface area contributed by atoms with Gasteiger partial charge in [-0.15, -0.1) is 0 Å². The lowest BCUT2D eigenvalue weighted by Gasteiger charge is -2.20. The number of pyridine rings is 1. The van der Waals surface area contributed by atoms with E-state index in [0.29, 0.717) is 23.4 Å². The highest BCUT2D eigenvalue weighted by Crippen LogP contribution is 2.31. The number of benzene rings is 1. The molecule has 0 aliphatic heterocycles. The smallest absolute Gasteiger partial charge is 0.152 e. The van der Waals surface area contributed by atoms with Gasteiger partial charge in [-0.3, -0.25) is 0 Å². The molecule has 0 aliphatic carbocycles. The number of phenolic OH excluding ortho intramolecular Hbond substituents is 1. The zero-order chi connectivity index (χ0) is 16.1. The number of aliphatic hydroxyl groups is 1. The van der Waals surface area contributed by atoms with Gasteiger partial charge in [0.2, 0.25) is 0 Å². The predicted octanol–water partition coefficient (Wildman–Crippen LogP) is 2.21. The van der Waals surface area contributed by atoms with Crippen molar-refractivity contribution in [2.75, 3.05) is 5.73 Å². The largest absolute Gasteiger partial charge is 0.508 e. The lowest BCUT2D eigenvalue weighted by atomic mass is 10.1. The third-order valence-corrected chi connectivity index (χ3v) is 3.63. The van der Waals surface area contributed by atoms with Crippen molar-refractivity contribution in [2.45, 2.75) is 39.3 Å². The molecule has 6 nitrogen and oxygen atoms in total. The molecule has 0 saturated heterocycles.